The highest BCUT2D eigenvalue weighted by Gasteiger charge is 2.08. The Balaban J connectivity index is 2.77. The third kappa shape index (κ3) is 2.57. The molecule has 0 aliphatic carbocycles. The molecule has 0 aliphatic rings. The summed E-state index contributed by atoms with van der Waals surface area (Å²) < 4.78 is 0. The van der Waals surface area contributed by atoms with E-state index < -0.39 is 0 Å². The van der Waals surface area contributed by atoms with E-state index in [-0.39, 0.29) is 12.3 Å². The monoisotopic (exact) mass is 208 g/mol. The van der Waals surface area contributed by atoms with Gasteiger partial charge in [-0.2, -0.15) is 0 Å². The van der Waals surface area contributed by atoms with E-state index in [1.54, 1.807) is 11.7 Å². The zero-order chi connectivity index (χ0) is 10.4. The quantitative estimate of drug-likeness (QED) is 0.331. The minimum absolute atomic E-state index is 0.00913. The minimum atomic E-state index is -0.0480. The summed E-state index contributed by atoms with van der Waals surface area (Å²) >= 11 is 1.20. The maximum Gasteiger partial charge on any atom is 0.259 e. The lowest BCUT2D eigenvalue weighted by atomic mass is 10.3. The van der Waals surface area contributed by atoms with Crippen molar-refractivity contribution in [2.75, 3.05) is 12.3 Å². The van der Waals surface area contributed by atoms with Crippen molar-refractivity contribution in [3.05, 3.63) is 11.1 Å². The number of anilines is 1. The van der Waals surface area contributed by atoms with Crippen molar-refractivity contribution in [1.29, 1.82) is 0 Å². The van der Waals surface area contributed by atoms with Gasteiger partial charge in [-0.1, -0.05) is 11.1 Å². The Morgan fingerprint density at radius 3 is 3.14 bits per heavy atom. The molecule has 0 unspecified atom stereocenters. The molecule has 0 aromatic carbocycles. The zero-order valence-electron chi connectivity index (χ0n) is 7.06. The van der Waals surface area contributed by atoms with E-state index in [1.165, 1.54) is 11.3 Å². The second kappa shape index (κ2) is 4.99. The fourth-order valence-electron chi connectivity index (χ4n) is 0.648. The molecule has 1 rings (SSSR count). The van der Waals surface area contributed by atoms with Crippen LogP contribution in [0.15, 0.2) is 10.5 Å². The summed E-state index contributed by atoms with van der Waals surface area (Å²) in [6.07, 6.45) is 6.51. The maximum absolute atomic E-state index is 10.4. The lowest BCUT2D eigenvalue weighted by Gasteiger charge is -1.92. The maximum atomic E-state index is 10.4. The van der Waals surface area contributed by atoms with Gasteiger partial charge in [0.05, 0.1) is 0 Å². The van der Waals surface area contributed by atoms with Crippen LogP contribution in [0.1, 0.15) is 5.69 Å². The van der Waals surface area contributed by atoms with Gasteiger partial charge in [0.25, 0.3) is 6.29 Å². The van der Waals surface area contributed by atoms with Crippen LogP contribution in [0, 0.1) is 12.3 Å². The Hall–Kier alpha value is -1.87. The van der Waals surface area contributed by atoms with Crippen LogP contribution in [0.3, 0.4) is 0 Å². The number of nitrogens with two attached hydrogens (primary N) is 1. The first-order chi connectivity index (χ1) is 6.77. The smallest absolute Gasteiger partial charge is 0.259 e. The molecule has 5 nitrogen and oxygen atoms in total. The van der Waals surface area contributed by atoms with E-state index in [9.17, 15) is 4.79 Å². The van der Waals surface area contributed by atoms with Crippen molar-refractivity contribution in [3.8, 4) is 12.3 Å². The summed E-state index contributed by atoms with van der Waals surface area (Å²) in [4.78, 5) is 18.9. The first-order valence-corrected chi connectivity index (χ1v) is 4.39. The molecule has 14 heavy (non-hydrogen) atoms. The predicted octanol–water partition coefficient (Wildman–Crippen LogP) is 0.189. The fraction of sp³-hybridized carbons (Fsp3) is 0.125. The largest absolute Gasteiger partial charge is 0.382 e. The van der Waals surface area contributed by atoms with Gasteiger partial charge in [0, 0.05) is 5.38 Å². The van der Waals surface area contributed by atoms with E-state index >= 15 is 0 Å². The normalized spacial score (nSPS) is 10.6. The Morgan fingerprint density at radius 1 is 1.86 bits per heavy atom. The first-order valence-electron chi connectivity index (χ1n) is 3.51. The highest BCUT2D eigenvalue weighted by atomic mass is 32.1. The van der Waals surface area contributed by atoms with Crippen molar-refractivity contribution in [1.82, 2.24) is 4.98 Å². The standard InChI is InChI=1S/C8H6N3O2S/c1-2-3-13-11-6(4-12)7-5-14-8(9)10-7/h1,5H,3H2,(H2,9,10)/b11-6-. The molecule has 1 radical (unpaired) electrons. The summed E-state index contributed by atoms with van der Waals surface area (Å²) in [6.45, 7) is -0.00913. The predicted molar refractivity (Wildman–Crippen MR) is 53.5 cm³/mol. The molecule has 0 amide bonds. The van der Waals surface area contributed by atoms with Crippen LogP contribution in [0.4, 0.5) is 5.13 Å². The van der Waals surface area contributed by atoms with Gasteiger partial charge in [0.15, 0.2) is 17.5 Å². The summed E-state index contributed by atoms with van der Waals surface area (Å²) in [5.74, 6) is 2.20. The number of carbonyl (C=O) groups excluding carboxylic acids is 1. The van der Waals surface area contributed by atoms with Gasteiger partial charge in [-0.15, -0.1) is 17.8 Å². The summed E-state index contributed by atoms with van der Waals surface area (Å²) in [5.41, 5.74) is 5.66. The van der Waals surface area contributed by atoms with Gasteiger partial charge in [-0.3, -0.25) is 4.79 Å². The lowest BCUT2D eigenvalue weighted by molar-refractivity contribution is 0.180. The lowest BCUT2D eigenvalue weighted by Crippen LogP contribution is -2.04. The number of nitrogens with zero attached hydrogens (tertiary/aromatic N) is 2. The van der Waals surface area contributed by atoms with Crippen LogP contribution < -0.4 is 5.73 Å². The van der Waals surface area contributed by atoms with Crippen LogP contribution in [-0.4, -0.2) is 23.6 Å². The number of oxime groups is 1. The summed E-state index contributed by atoms with van der Waals surface area (Å²) in [7, 11) is 0. The second-order valence-corrected chi connectivity index (χ2v) is 2.98. The Kier molecular flexibility index (Phi) is 3.64. The van der Waals surface area contributed by atoms with Gasteiger partial charge >= 0.3 is 0 Å². The number of terminal acetylenes is 1. The Morgan fingerprint density at radius 2 is 2.64 bits per heavy atom. The Bertz CT molecular complexity index is 392. The number of rotatable bonds is 4. The van der Waals surface area contributed by atoms with Crippen molar-refractivity contribution >= 4 is 28.5 Å². The highest BCUT2D eigenvalue weighted by Crippen LogP contribution is 2.11. The van der Waals surface area contributed by atoms with Gasteiger partial charge in [0.2, 0.25) is 0 Å². The molecule has 1 aromatic heterocycles. The summed E-state index contributed by atoms with van der Waals surface area (Å²) in [5, 5.41) is 5.38. The van der Waals surface area contributed by atoms with E-state index in [0.29, 0.717) is 10.8 Å². The van der Waals surface area contributed by atoms with Crippen molar-refractivity contribution in [2.24, 2.45) is 5.16 Å². The van der Waals surface area contributed by atoms with Crippen molar-refractivity contribution in [2.45, 2.75) is 0 Å². The molecule has 1 aromatic rings. The first kappa shape index (κ1) is 10.2. The summed E-state index contributed by atoms with van der Waals surface area (Å²) in [6, 6.07) is 0. The molecule has 0 atom stereocenters. The number of thiazole rings is 1. The van der Waals surface area contributed by atoms with Crippen LogP contribution in [0.2, 0.25) is 0 Å². The van der Waals surface area contributed by atoms with E-state index in [4.69, 9.17) is 12.2 Å². The fourth-order valence-corrected chi connectivity index (χ4v) is 1.20. The Labute approximate surface area is 84.6 Å². The van der Waals surface area contributed by atoms with Gasteiger partial charge in [-0.25, -0.2) is 4.98 Å². The van der Waals surface area contributed by atoms with E-state index in [2.05, 4.69) is 20.9 Å². The number of nitrogen functional groups attached to an aromatic ring is 1. The zero-order valence-corrected chi connectivity index (χ0v) is 7.87. The number of hydrogen-bond donors (Lipinski definition) is 1. The average molecular weight is 208 g/mol. The molecule has 0 fully saturated rings. The third-order valence-corrected chi connectivity index (χ3v) is 1.84. The van der Waals surface area contributed by atoms with Gasteiger partial charge in [0.1, 0.15) is 5.69 Å². The molecular weight excluding hydrogens is 202 g/mol. The molecule has 0 saturated heterocycles. The van der Waals surface area contributed by atoms with Crippen LogP contribution in [0.25, 0.3) is 0 Å². The van der Waals surface area contributed by atoms with E-state index in [0.717, 1.165) is 0 Å². The topological polar surface area (TPSA) is 77.6 Å². The van der Waals surface area contributed by atoms with Crippen LogP contribution in [-0.2, 0) is 9.63 Å². The highest BCUT2D eigenvalue weighted by molar-refractivity contribution is 7.13. The average Bonchev–Trinajstić information content (AvgIpc) is 2.60. The molecule has 1 heterocycles. The molecule has 6 heteroatoms. The minimum Gasteiger partial charge on any atom is -0.382 e. The molecule has 0 bridgehead atoms. The van der Waals surface area contributed by atoms with Gasteiger partial charge < -0.3 is 10.6 Å². The SMILES string of the molecule is C#CCO/N=C(/[C]=O)c1csc(N)n1. The molecule has 71 valence electrons. The van der Waals surface area contributed by atoms with Crippen molar-refractivity contribution in [3.63, 3.8) is 0 Å². The number of aromatic nitrogens is 1. The molecule has 2 N–H and O–H groups in total. The second-order valence-electron chi connectivity index (χ2n) is 2.09. The van der Waals surface area contributed by atoms with Crippen molar-refractivity contribution < 1.29 is 9.63 Å². The van der Waals surface area contributed by atoms with Gasteiger partial charge in [-0.05, 0) is 0 Å². The number of hydrogen-bond acceptors (Lipinski definition) is 6. The van der Waals surface area contributed by atoms with E-state index in [1.807, 2.05) is 0 Å². The molecular formula is C8H6N3O2S. The molecule has 0 saturated carbocycles. The molecule has 0 aliphatic heterocycles. The van der Waals surface area contributed by atoms with Crippen LogP contribution >= 0.6 is 11.3 Å². The molecule has 0 spiro atoms. The third-order valence-electron chi connectivity index (χ3n) is 1.16. The van der Waals surface area contributed by atoms with Crippen LogP contribution in [0.5, 0.6) is 0 Å².